The molecule has 0 amide bonds. The number of carbonyl (C=O) groups excluding carboxylic acids is 1. The molecule has 39 heavy (non-hydrogen) atoms. The van der Waals surface area contributed by atoms with Crippen molar-refractivity contribution in [1.29, 1.82) is 0 Å². The van der Waals surface area contributed by atoms with E-state index in [-0.39, 0.29) is 6.10 Å². The summed E-state index contributed by atoms with van der Waals surface area (Å²) in [6.45, 7) is 8.07. The molecule has 2 rings (SSSR count). The second-order valence-electron chi connectivity index (χ2n) is 11.9. The van der Waals surface area contributed by atoms with Crippen molar-refractivity contribution in [2.45, 2.75) is 123 Å². The van der Waals surface area contributed by atoms with Gasteiger partial charge in [-0.15, -0.1) is 0 Å². The highest BCUT2D eigenvalue weighted by Gasteiger charge is 2.26. The first kappa shape index (κ1) is 33.3. The van der Waals surface area contributed by atoms with Gasteiger partial charge in [0.1, 0.15) is 36.4 Å². The van der Waals surface area contributed by atoms with E-state index in [1.165, 1.54) is 44.9 Å². The largest absolute Gasteiger partial charge is 0.513 e. The smallest absolute Gasteiger partial charge is 0.490 e. The molecule has 0 aromatic heterocycles. The van der Waals surface area contributed by atoms with E-state index < -0.39 is 37.7 Å². The van der Waals surface area contributed by atoms with Crippen molar-refractivity contribution in [2.75, 3.05) is 13.2 Å². The third kappa shape index (κ3) is 12.9. The maximum absolute atomic E-state index is 12.0. The van der Waals surface area contributed by atoms with E-state index >= 15 is 0 Å². The summed E-state index contributed by atoms with van der Waals surface area (Å²) in [7, 11) is 0. The zero-order valence-corrected chi connectivity index (χ0v) is 24.4. The van der Waals surface area contributed by atoms with Crippen LogP contribution in [0.15, 0.2) is 18.2 Å². The van der Waals surface area contributed by atoms with Crippen LogP contribution in [0.1, 0.15) is 97.5 Å². The van der Waals surface area contributed by atoms with Crippen molar-refractivity contribution in [3.05, 3.63) is 23.8 Å². The van der Waals surface area contributed by atoms with Gasteiger partial charge in [0.05, 0.1) is 12.7 Å². The van der Waals surface area contributed by atoms with Gasteiger partial charge in [-0.2, -0.15) is 0 Å². The Balaban J connectivity index is 1.64. The second kappa shape index (κ2) is 17.7. The highest BCUT2D eigenvalue weighted by Crippen LogP contribution is 2.33. The number of aliphatic hydroxyl groups is 4. The molecule has 1 aliphatic heterocycles. The standard InChI is InChI=1S/C31H52O8/c1-21(2)8-5-9-22(3)10-6-11-23(4)12-7-13-25-15-14-24-18-26(16-17-29(24)38-25)39-31(36)37-20-28(34)30(35)27(33)19-32/h16-18,21-23,25,27-28,30,32-35H,5-15,19-20H2,1-4H3. The van der Waals surface area contributed by atoms with Crippen molar-refractivity contribution in [3.63, 3.8) is 0 Å². The van der Waals surface area contributed by atoms with Gasteiger partial charge in [0.15, 0.2) is 0 Å². The van der Waals surface area contributed by atoms with Crippen LogP contribution in [0.2, 0.25) is 0 Å². The first-order valence-electron chi connectivity index (χ1n) is 14.9. The summed E-state index contributed by atoms with van der Waals surface area (Å²) in [5, 5.41) is 37.5. The number of fused-ring (bicyclic) bond motifs is 1. The lowest BCUT2D eigenvalue weighted by Crippen LogP contribution is -2.42. The average Bonchev–Trinajstić information content (AvgIpc) is 2.90. The predicted octanol–water partition coefficient (Wildman–Crippen LogP) is 5.41. The molecule has 0 saturated carbocycles. The molecule has 0 bridgehead atoms. The van der Waals surface area contributed by atoms with Crippen LogP contribution in [0.5, 0.6) is 11.5 Å². The zero-order chi connectivity index (χ0) is 28.8. The summed E-state index contributed by atoms with van der Waals surface area (Å²) in [6, 6.07) is 5.18. The van der Waals surface area contributed by atoms with Crippen molar-refractivity contribution in [3.8, 4) is 11.5 Å². The van der Waals surface area contributed by atoms with E-state index in [1.807, 2.05) is 0 Å². The maximum atomic E-state index is 12.0. The van der Waals surface area contributed by atoms with Crippen LogP contribution in [0.3, 0.4) is 0 Å². The molecule has 1 aromatic rings. The Bertz CT molecular complexity index is 829. The molecule has 8 heteroatoms. The lowest BCUT2D eigenvalue weighted by molar-refractivity contribution is -0.0933. The molecule has 0 saturated heterocycles. The number of hydrogen-bond acceptors (Lipinski definition) is 8. The lowest BCUT2D eigenvalue weighted by Gasteiger charge is -2.27. The summed E-state index contributed by atoms with van der Waals surface area (Å²) in [6.07, 6.45) is 7.65. The summed E-state index contributed by atoms with van der Waals surface area (Å²) in [5.74, 6) is 3.50. The van der Waals surface area contributed by atoms with Crippen LogP contribution < -0.4 is 9.47 Å². The van der Waals surface area contributed by atoms with Crippen molar-refractivity contribution in [2.24, 2.45) is 17.8 Å². The molecule has 4 N–H and O–H groups in total. The van der Waals surface area contributed by atoms with Gasteiger partial charge in [-0.25, -0.2) is 4.79 Å². The van der Waals surface area contributed by atoms with Crippen LogP contribution in [-0.2, 0) is 11.2 Å². The number of ether oxygens (including phenoxy) is 3. The Hall–Kier alpha value is -1.87. The summed E-state index contributed by atoms with van der Waals surface area (Å²) in [4.78, 5) is 12.0. The predicted molar refractivity (Wildman–Crippen MR) is 151 cm³/mol. The summed E-state index contributed by atoms with van der Waals surface area (Å²) >= 11 is 0. The van der Waals surface area contributed by atoms with Gasteiger partial charge in [0.2, 0.25) is 0 Å². The van der Waals surface area contributed by atoms with Crippen LogP contribution >= 0.6 is 0 Å². The van der Waals surface area contributed by atoms with Gasteiger partial charge >= 0.3 is 6.16 Å². The monoisotopic (exact) mass is 552 g/mol. The molecule has 8 nitrogen and oxygen atoms in total. The fraction of sp³-hybridized carbons (Fsp3) is 0.774. The molecule has 0 fully saturated rings. The first-order valence-corrected chi connectivity index (χ1v) is 14.9. The summed E-state index contributed by atoms with van der Waals surface area (Å²) in [5.41, 5.74) is 0.967. The SMILES string of the molecule is CC(C)CCCC(C)CCCC(C)CCCC1CCc2cc(OC(=O)OCC(O)C(O)C(O)CO)ccc2O1. The number of hydrogen-bond donors (Lipinski definition) is 4. The molecule has 0 radical (unpaired) electrons. The topological polar surface area (TPSA) is 126 Å². The molecule has 0 spiro atoms. The van der Waals surface area contributed by atoms with Gasteiger partial charge in [-0.1, -0.05) is 72.6 Å². The first-order chi connectivity index (χ1) is 18.6. The number of benzene rings is 1. The Labute approximate surface area is 234 Å². The van der Waals surface area contributed by atoms with Gasteiger partial charge in [0, 0.05) is 0 Å². The van der Waals surface area contributed by atoms with Crippen molar-refractivity contribution in [1.82, 2.24) is 0 Å². The molecule has 6 atom stereocenters. The van der Waals surface area contributed by atoms with Crippen LogP contribution in [0, 0.1) is 17.8 Å². The molecule has 224 valence electrons. The third-order valence-electron chi connectivity index (χ3n) is 7.71. The van der Waals surface area contributed by atoms with Crippen LogP contribution in [-0.4, -0.2) is 64.2 Å². The van der Waals surface area contributed by atoms with E-state index in [9.17, 15) is 20.1 Å². The molecule has 1 aromatic carbocycles. The van der Waals surface area contributed by atoms with E-state index in [2.05, 4.69) is 27.7 Å². The molecule has 6 unspecified atom stereocenters. The quantitative estimate of drug-likeness (QED) is 0.141. The van der Waals surface area contributed by atoms with Crippen LogP contribution in [0.4, 0.5) is 4.79 Å². The van der Waals surface area contributed by atoms with Crippen molar-refractivity contribution < 1.29 is 39.4 Å². The minimum atomic E-state index is -1.64. The van der Waals surface area contributed by atoms with E-state index in [0.717, 1.165) is 54.7 Å². The third-order valence-corrected chi connectivity index (χ3v) is 7.71. The van der Waals surface area contributed by atoms with Gasteiger partial charge in [-0.3, -0.25) is 0 Å². The fourth-order valence-corrected chi connectivity index (χ4v) is 5.10. The molecule has 0 aliphatic carbocycles. The van der Waals surface area contributed by atoms with E-state index in [4.69, 9.17) is 19.3 Å². The Morgan fingerprint density at radius 1 is 0.949 bits per heavy atom. The zero-order valence-electron chi connectivity index (χ0n) is 24.4. The molecule has 1 aliphatic rings. The number of rotatable bonds is 18. The highest BCUT2D eigenvalue weighted by molar-refractivity contribution is 5.64. The Morgan fingerprint density at radius 2 is 1.59 bits per heavy atom. The fourth-order valence-electron chi connectivity index (χ4n) is 5.10. The minimum Gasteiger partial charge on any atom is -0.490 e. The maximum Gasteiger partial charge on any atom is 0.513 e. The molecular formula is C31H52O8. The number of aryl methyl sites for hydroxylation is 1. The average molecular weight is 553 g/mol. The molecular weight excluding hydrogens is 500 g/mol. The van der Waals surface area contributed by atoms with E-state index in [1.54, 1.807) is 18.2 Å². The minimum absolute atomic E-state index is 0.199. The number of aliphatic hydroxyl groups excluding tert-OH is 4. The lowest BCUT2D eigenvalue weighted by atomic mass is 9.91. The Morgan fingerprint density at radius 3 is 2.23 bits per heavy atom. The van der Waals surface area contributed by atoms with Gasteiger partial charge < -0.3 is 34.6 Å². The normalized spacial score (nSPS) is 18.9. The van der Waals surface area contributed by atoms with Crippen LogP contribution in [0.25, 0.3) is 0 Å². The van der Waals surface area contributed by atoms with Gasteiger partial charge in [0.25, 0.3) is 0 Å². The van der Waals surface area contributed by atoms with Crippen molar-refractivity contribution >= 4 is 6.16 Å². The Kier molecular flexibility index (Phi) is 15.2. The van der Waals surface area contributed by atoms with E-state index in [0.29, 0.717) is 5.75 Å². The highest BCUT2D eigenvalue weighted by atomic mass is 16.7. The second-order valence-corrected chi connectivity index (χ2v) is 11.9. The summed E-state index contributed by atoms with van der Waals surface area (Å²) < 4.78 is 16.2. The number of carbonyl (C=O) groups is 1. The van der Waals surface area contributed by atoms with Gasteiger partial charge in [-0.05, 0) is 67.2 Å². The molecule has 1 heterocycles.